The molecule has 0 aliphatic carbocycles. The summed E-state index contributed by atoms with van der Waals surface area (Å²) in [4.78, 5) is 2.39. The van der Waals surface area contributed by atoms with Crippen molar-refractivity contribution in [2.24, 2.45) is 0 Å². The normalized spacial score (nSPS) is 13.7. The number of rotatable bonds is 9. The molecule has 0 heterocycles. The first-order chi connectivity index (χ1) is 10.00. The second-order valence-electron chi connectivity index (χ2n) is 6.05. The van der Waals surface area contributed by atoms with Crippen LogP contribution in [0.25, 0.3) is 0 Å². The fraction of sp³-hybridized carbons (Fsp3) is 0.667. The maximum atomic E-state index is 6.15. The lowest BCUT2D eigenvalue weighted by atomic mass is 9.80. The van der Waals surface area contributed by atoms with Gasteiger partial charge in [0.15, 0.2) is 0 Å². The van der Waals surface area contributed by atoms with Gasteiger partial charge in [0, 0.05) is 16.6 Å². The van der Waals surface area contributed by atoms with Crippen molar-refractivity contribution >= 4 is 11.6 Å². The third-order valence-electron chi connectivity index (χ3n) is 4.73. The van der Waals surface area contributed by atoms with E-state index in [1.54, 1.807) is 0 Å². The summed E-state index contributed by atoms with van der Waals surface area (Å²) < 4.78 is 0. The van der Waals surface area contributed by atoms with Gasteiger partial charge in [-0.05, 0) is 64.0 Å². The van der Waals surface area contributed by atoms with Crippen molar-refractivity contribution in [3.8, 4) is 0 Å². The molecule has 0 saturated carbocycles. The molecule has 1 N–H and O–H groups in total. The van der Waals surface area contributed by atoms with Crippen molar-refractivity contribution in [1.29, 1.82) is 0 Å². The molecule has 0 saturated heterocycles. The highest BCUT2D eigenvalue weighted by Gasteiger charge is 2.37. The van der Waals surface area contributed by atoms with Crippen molar-refractivity contribution in [2.45, 2.75) is 58.0 Å². The zero-order valence-electron chi connectivity index (χ0n) is 14.2. The molecule has 1 aromatic rings. The van der Waals surface area contributed by atoms with Crippen LogP contribution in [0, 0.1) is 0 Å². The fourth-order valence-corrected chi connectivity index (χ4v) is 3.57. The maximum absolute atomic E-state index is 6.15. The minimum atomic E-state index is 0.178. The van der Waals surface area contributed by atoms with Gasteiger partial charge in [-0.2, -0.15) is 0 Å². The third-order valence-corrected chi connectivity index (χ3v) is 4.97. The van der Waals surface area contributed by atoms with Crippen molar-refractivity contribution in [2.75, 3.05) is 20.6 Å². The Balaban J connectivity index is 3.03. The average Bonchev–Trinajstić information content (AvgIpc) is 2.46. The molecule has 0 radical (unpaired) electrons. The number of benzene rings is 1. The van der Waals surface area contributed by atoms with Crippen LogP contribution >= 0.6 is 11.6 Å². The van der Waals surface area contributed by atoms with Gasteiger partial charge in [-0.3, -0.25) is 0 Å². The monoisotopic (exact) mass is 310 g/mol. The van der Waals surface area contributed by atoms with Crippen LogP contribution in [0.5, 0.6) is 0 Å². The molecule has 2 nitrogen and oxygen atoms in total. The first kappa shape index (κ1) is 18.5. The van der Waals surface area contributed by atoms with E-state index in [0.717, 1.165) is 37.3 Å². The Morgan fingerprint density at radius 3 is 2.33 bits per heavy atom. The molecule has 1 atom stereocenters. The van der Waals surface area contributed by atoms with Crippen molar-refractivity contribution in [3.05, 3.63) is 34.9 Å². The predicted molar refractivity (Wildman–Crippen MR) is 94.2 cm³/mol. The van der Waals surface area contributed by atoms with Crippen LogP contribution in [-0.2, 0) is 6.42 Å². The number of hydrogen-bond donors (Lipinski definition) is 1. The van der Waals surface area contributed by atoms with Crippen molar-refractivity contribution in [1.82, 2.24) is 10.2 Å². The Morgan fingerprint density at radius 2 is 1.86 bits per heavy atom. The highest BCUT2D eigenvalue weighted by Crippen LogP contribution is 2.28. The summed E-state index contributed by atoms with van der Waals surface area (Å²) in [5, 5.41) is 4.60. The van der Waals surface area contributed by atoms with Crippen molar-refractivity contribution < 1.29 is 0 Å². The molecule has 0 aliphatic heterocycles. The number of halogens is 1. The van der Waals surface area contributed by atoms with Crippen LogP contribution in [0.15, 0.2) is 24.3 Å². The van der Waals surface area contributed by atoms with E-state index < -0.39 is 0 Å². The molecule has 0 spiro atoms. The third kappa shape index (κ3) is 4.70. The lowest BCUT2D eigenvalue weighted by Crippen LogP contribution is -2.59. The largest absolute Gasteiger partial charge is 0.312 e. The maximum Gasteiger partial charge on any atom is 0.0408 e. The van der Waals surface area contributed by atoms with Gasteiger partial charge in [0.2, 0.25) is 0 Å². The fourth-order valence-electron chi connectivity index (χ4n) is 3.36. The highest BCUT2D eigenvalue weighted by atomic mass is 35.5. The summed E-state index contributed by atoms with van der Waals surface area (Å²) in [5.41, 5.74) is 1.49. The second-order valence-corrected chi connectivity index (χ2v) is 6.48. The van der Waals surface area contributed by atoms with E-state index in [-0.39, 0.29) is 5.54 Å². The summed E-state index contributed by atoms with van der Waals surface area (Å²) >= 11 is 6.15. The van der Waals surface area contributed by atoms with Crippen LogP contribution in [0.4, 0.5) is 0 Å². The molecule has 0 aliphatic rings. The molecule has 0 aromatic heterocycles. The molecule has 0 bridgehead atoms. The van der Waals surface area contributed by atoms with Crippen LogP contribution in [0.1, 0.15) is 45.6 Å². The summed E-state index contributed by atoms with van der Waals surface area (Å²) in [7, 11) is 4.40. The topological polar surface area (TPSA) is 15.3 Å². The molecule has 1 unspecified atom stereocenters. The molecule has 1 rings (SSSR count). The van der Waals surface area contributed by atoms with Crippen LogP contribution in [-0.4, -0.2) is 37.1 Å². The summed E-state index contributed by atoms with van der Waals surface area (Å²) in [6.07, 6.45) is 4.44. The van der Waals surface area contributed by atoms with E-state index >= 15 is 0 Å². The summed E-state index contributed by atoms with van der Waals surface area (Å²) in [6.45, 7) is 7.86. The molecule has 0 amide bonds. The van der Waals surface area contributed by atoms with Gasteiger partial charge in [-0.25, -0.2) is 0 Å². The van der Waals surface area contributed by atoms with E-state index in [1.165, 1.54) is 5.56 Å². The molecule has 3 heteroatoms. The average molecular weight is 311 g/mol. The van der Waals surface area contributed by atoms with E-state index in [0.29, 0.717) is 6.04 Å². The number of hydrogen-bond acceptors (Lipinski definition) is 2. The van der Waals surface area contributed by atoms with Gasteiger partial charge in [0.1, 0.15) is 0 Å². The van der Waals surface area contributed by atoms with E-state index in [9.17, 15) is 0 Å². The number of likely N-dealkylation sites (N-methyl/N-ethyl adjacent to an activating group) is 1. The quantitative estimate of drug-likeness (QED) is 0.728. The molecular formula is C18H31ClN2. The van der Waals surface area contributed by atoms with Gasteiger partial charge in [-0.1, -0.05) is 44.5 Å². The molecular weight excluding hydrogens is 280 g/mol. The molecule has 21 heavy (non-hydrogen) atoms. The van der Waals surface area contributed by atoms with Gasteiger partial charge < -0.3 is 10.2 Å². The lowest BCUT2D eigenvalue weighted by Gasteiger charge is -2.46. The standard InChI is InChI=1S/C18H31ClN2/c1-6-12-20-17(18(7-2,8-3)21(4)5)14-15-10-9-11-16(19)13-15/h9-11,13,17,20H,6-8,12,14H2,1-5H3. The SMILES string of the molecule is CCCNC(Cc1cccc(Cl)c1)C(CC)(CC)N(C)C. The Hall–Kier alpha value is -0.570. The first-order valence-corrected chi connectivity index (χ1v) is 8.53. The zero-order chi connectivity index (χ0) is 15.9. The first-order valence-electron chi connectivity index (χ1n) is 8.15. The summed E-state index contributed by atoms with van der Waals surface area (Å²) in [5.74, 6) is 0. The van der Waals surface area contributed by atoms with E-state index in [2.05, 4.69) is 57.2 Å². The van der Waals surface area contributed by atoms with E-state index in [1.807, 2.05) is 12.1 Å². The van der Waals surface area contributed by atoms with Crippen molar-refractivity contribution in [3.63, 3.8) is 0 Å². The van der Waals surface area contributed by atoms with Crippen LogP contribution in [0.3, 0.4) is 0 Å². The Labute approximate surface area is 135 Å². The van der Waals surface area contributed by atoms with Gasteiger partial charge in [0.25, 0.3) is 0 Å². The van der Waals surface area contributed by atoms with Gasteiger partial charge in [-0.15, -0.1) is 0 Å². The molecule has 0 fully saturated rings. The van der Waals surface area contributed by atoms with Gasteiger partial charge in [0.05, 0.1) is 0 Å². The number of nitrogens with zero attached hydrogens (tertiary/aromatic N) is 1. The van der Waals surface area contributed by atoms with E-state index in [4.69, 9.17) is 11.6 Å². The Bertz CT molecular complexity index is 413. The molecule has 120 valence electrons. The smallest absolute Gasteiger partial charge is 0.0408 e. The second kappa shape index (κ2) is 8.77. The highest BCUT2D eigenvalue weighted by molar-refractivity contribution is 6.30. The minimum Gasteiger partial charge on any atom is -0.312 e. The lowest BCUT2D eigenvalue weighted by molar-refractivity contribution is 0.0881. The predicted octanol–water partition coefficient (Wildman–Crippen LogP) is 4.37. The number of nitrogens with one attached hydrogen (secondary N) is 1. The minimum absolute atomic E-state index is 0.178. The molecule has 1 aromatic carbocycles. The van der Waals surface area contributed by atoms with Crippen LogP contribution < -0.4 is 5.32 Å². The van der Waals surface area contributed by atoms with Gasteiger partial charge >= 0.3 is 0 Å². The van der Waals surface area contributed by atoms with Crippen LogP contribution in [0.2, 0.25) is 5.02 Å². The Morgan fingerprint density at radius 1 is 1.19 bits per heavy atom. The Kier molecular flexibility index (Phi) is 7.72. The zero-order valence-corrected chi connectivity index (χ0v) is 15.0. The summed E-state index contributed by atoms with van der Waals surface area (Å²) in [6, 6.07) is 8.69.